The van der Waals surface area contributed by atoms with Gasteiger partial charge < -0.3 is 15.8 Å². The topological polar surface area (TPSA) is 98.5 Å². The Kier molecular flexibility index (Phi) is 4.17. The molecule has 3 N–H and O–H groups in total. The molecule has 102 valence electrons. The number of nitrogens with two attached hydrogens (primary N) is 1. The van der Waals surface area contributed by atoms with Crippen molar-refractivity contribution in [3.8, 4) is 0 Å². The summed E-state index contributed by atoms with van der Waals surface area (Å²) in [6, 6.07) is 5.59. The quantitative estimate of drug-likeness (QED) is 0.266. The molecule has 0 saturated carbocycles. The smallest absolute Gasteiger partial charge is 0.143 e. The molecule has 0 aliphatic heterocycles. The lowest BCUT2D eigenvalue weighted by atomic mass is 10.1. The minimum absolute atomic E-state index is 0.158. The first kappa shape index (κ1) is 13.1. The van der Waals surface area contributed by atoms with Crippen molar-refractivity contribution < 1.29 is 10.0 Å². The highest BCUT2D eigenvalue weighted by molar-refractivity contribution is 5.83. The molecular weight excluding hydrogens is 246 g/mol. The minimum Gasteiger partial charge on any atom is -0.409 e. The van der Waals surface area contributed by atoms with Crippen molar-refractivity contribution >= 4 is 16.9 Å². The summed E-state index contributed by atoms with van der Waals surface area (Å²) < 4.78 is 0. The molecule has 0 spiro atoms. The lowest BCUT2D eigenvalue weighted by Crippen LogP contribution is -2.15. The zero-order valence-corrected chi connectivity index (χ0v) is 10.8. The highest BCUT2D eigenvalue weighted by Gasteiger charge is 2.07. The summed E-state index contributed by atoms with van der Waals surface area (Å²) >= 11 is 0. The Morgan fingerprint density at radius 1 is 1.53 bits per heavy atom. The molecule has 0 atom stereocenters. The molecule has 0 radical (unpaired) electrons. The van der Waals surface area contributed by atoms with Crippen molar-refractivity contribution in [3.63, 3.8) is 0 Å². The Morgan fingerprint density at radius 3 is 3.11 bits per heavy atom. The fourth-order valence-corrected chi connectivity index (χ4v) is 1.69. The van der Waals surface area contributed by atoms with E-state index in [9.17, 15) is 0 Å². The molecule has 7 nitrogen and oxygen atoms in total. The van der Waals surface area contributed by atoms with Gasteiger partial charge in [-0.05, 0) is 29.3 Å². The van der Waals surface area contributed by atoms with Crippen molar-refractivity contribution in [1.82, 2.24) is 15.2 Å². The van der Waals surface area contributed by atoms with Crippen molar-refractivity contribution in [2.45, 2.75) is 26.2 Å². The lowest BCUT2D eigenvalue weighted by molar-refractivity contribution is 0.0853. The first-order chi connectivity index (χ1) is 9.24. The first-order valence-electron chi connectivity index (χ1n) is 6.18. The van der Waals surface area contributed by atoms with Gasteiger partial charge in [-0.3, -0.25) is 0 Å². The number of benzene rings is 1. The minimum atomic E-state index is 0.158. The predicted molar refractivity (Wildman–Crippen MR) is 71.0 cm³/mol. The van der Waals surface area contributed by atoms with Crippen LogP contribution in [0.5, 0.6) is 0 Å². The molecule has 7 heteroatoms. The second kappa shape index (κ2) is 6.03. The van der Waals surface area contributed by atoms with Crippen LogP contribution in [-0.4, -0.2) is 32.8 Å². The monoisotopic (exact) mass is 263 g/mol. The predicted octanol–water partition coefficient (Wildman–Crippen LogP) is 0.949. The van der Waals surface area contributed by atoms with E-state index in [1.54, 1.807) is 0 Å². The van der Waals surface area contributed by atoms with Crippen LogP contribution in [0.25, 0.3) is 11.0 Å². The van der Waals surface area contributed by atoms with E-state index in [1.165, 1.54) is 4.85 Å². The molecule has 0 aliphatic rings. The number of nitrogens with zero attached hydrogens (tertiary/aromatic N) is 4. The summed E-state index contributed by atoms with van der Waals surface area (Å²) in [5, 5.41) is 19.5. The Morgan fingerprint density at radius 2 is 2.37 bits per heavy atom. The number of amidine groups is 1. The molecule has 2 aromatic rings. The number of fused-ring (bicyclic) bond motifs is 1. The van der Waals surface area contributed by atoms with E-state index in [-0.39, 0.29) is 5.84 Å². The molecule has 0 amide bonds. The molecule has 0 bridgehead atoms. The molecule has 19 heavy (non-hydrogen) atoms. The third kappa shape index (κ3) is 3.12. The first-order valence-corrected chi connectivity index (χ1v) is 6.18. The van der Waals surface area contributed by atoms with Gasteiger partial charge in [0, 0.05) is 6.42 Å². The van der Waals surface area contributed by atoms with Gasteiger partial charge in [-0.25, -0.2) is 0 Å². The van der Waals surface area contributed by atoms with Crippen LogP contribution in [0, 0.1) is 0 Å². The highest BCUT2D eigenvalue weighted by Crippen LogP contribution is 2.13. The van der Waals surface area contributed by atoms with Crippen molar-refractivity contribution in [3.05, 3.63) is 23.8 Å². The number of rotatable bonds is 6. The fourth-order valence-electron chi connectivity index (χ4n) is 1.69. The van der Waals surface area contributed by atoms with Crippen molar-refractivity contribution in [1.29, 1.82) is 0 Å². The van der Waals surface area contributed by atoms with E-state index >= 15 is 0 Å². The highest BCUT2D eigenvalue weighted by atomic mass is 16.7. The Bertz CT molecular complexity index is 579. The number of oxime groups is 1. The largest absolute Gasteiger partial charge is 0.409 e. The van der Waals surface area contributed by atoms with Crippen LogP contribution in [0.1, 0.15) is 25.3 Å². The average molecular weight is 263 g/mol. The van der Waals surface area contributed by atoms with E-state index in [1.807, 2.05) is 18.2 Å². The van der Waals surface area contributed by atoms with Gasteiger partial charge >= 0.3 is 0 Å². The molecule has 2 rings (SSSR count). The molecule has 0 fully saturated rings. The summed E-state index contributed by atoms with van der Waals surface area (Å²) in [6.45, 7) is 2.71. The van der Waals surface area contributed by atoms with Gasteiger partial charge in [-0.2, -0.15) is 0 Å². The second-order valence-electron chi connectivity index (χ2n) is 4.24. The van der Waals surface area contributed by atoms with Gasteiger partial charge in [0.05, 0.1) is 0 Å². The van der Waals surface area contributed by atoms with Crippen LogP contribution in [-0.2, 0) is 6.42 Å². The van der Waals surface area contributed by atoms with Crippen LogP contribution >= 0.6 is 0 Å². The van der Waals surface area contributed by atoms with Gasteiger partial charge in [-0.15, -0.1) is 5.10 Å². The van der Waals surface area contributed by atoms with E-state index < -0.39 is 0 Å². The Labute approximate surface area is 110 Å². The fraction of sp³-hybridized carbons (Fsp3) is 0.417. The molecular formula is C12H17N5O2. The molecule has 1 aromatic heterocycles. The molecule has 0 unspecified atom stereocenters. The van der Waals surface area contributed by atoms with Crippen molar-refractivity contribution in [2.24, 2.45) is 10.9 Å². The summed E-state index contributed by atoms with van der Waals surface area (Å²) in [7, 11) is 0. The van der Waals surface area contributed by atoms with Crippen LogP contribution in [0.3, 0.4) is 0 Å². The summed E-state index contributed by atoms with van der Waals surface area (Å²) in [5.74, 6) is 0.158. The number of aromatic nitrogens is 3. The van der Waals surface area contributed by atoms with Crippen LogP contribution < -0.4 is 10.6 Å². The second-order valence-corrected chi connectivity index (χ2v) is 4.24. The van der Waals surface area contributed by atoms with Gasteiger partial charge in [0.25, 0.3) is 0 Å². The van der Waals surface area contributed by atoms with Crippen LogP contribution in [0.4, 0.5) is 0 Å². The number of unbranched alkanes of at least 4 members (excludes halogenated alkanes) is 1. The van der Waals surface area contributed by atoms with Crippen LogP contribution in [0.2, 0.25) is 0 Å². The number of hydrogen-bond donors (Lipinski definition) is 2. The van der Waals surface area contributed by atoms with Crippen molar-refractivity contribution in [2.75, 3.05) is 6.61 Å². The van der Waals surface area contributed by atoms with E-state index in [0.717, 1.165) is 29.4 Å². The maximum absolute atomic E-state index is 8.54. The number of hydrogen-bond acceptors (Lipinski definition) is 5. The summed E-state index contributed by atoms with van der Waals surface area (Å²) in [6.07, 6.45) is 2.41. The zero-order valence-electron chi connectivity index (χ0n) is 10.8. The zero-order chi connectivity index (χ0) is 13.7. The van der Waals surface area contributed by atoms with Gasteiger partial charge in [0.2, 0.25) is 0 Å². The Balaban J connectivity index is 2.16. The molecule has 1 heterocycles. The normalized spacial score (nSPS) is 11.9. The SMILES string of the molecule is CCCCOn1nnc2cc(C/C(N)=N/O)ccc21. The maximum atomic E-state index is 8.54. The van der Waals surface area contributed by atoms with Crippen LogP contribution in [0.15, 0.2) is 23.4 Å². The third-order valence-corrected chi connectivity index (χ3v) is 2.70. The molecule has 0 saturated heterocycles. The standard InChI is InChI=1S/C12H17N5O2/c1-2-3-6-19-17-11-5-4-9(8-12(13)15-18)7-10(11)14-16-17/h4-5,7,18H,2-3,6,8H2,1H3,(H2,13,15). The van der Waals surface area contributed by atoms with E-state index in [4.69, 9.17) is 15.8 Å². The van der Waals surface area contributed by atoms with Gasteiger partial charge in [-0.1, -0.05) is 29.4 Å². The van der Waals surface area contributed by atoms with E-state index in [2.05, 4.69) is 22.4 Å². The molecule has 1 aromatic carbocycles. The molecule has 0 aliphatic carbocycles. The lowest BCUT2D eigenvalue weighted by Gasteiger charge is -2.04. The summed E-state index contributed by atoms with van der Waals surface area (Å²) in [5.41, 5.74) is 7.90. The van der Waals surface area contributed by atoms with E-state index in [0.29, 0.717) is 13.0 Å². The Hall–Kier alpha value is -2.31. The average Bonchev–Trinajstić information content (AvgIpc) is 2.81. The summed E-state index contributed by atoms with van der Waals surface area (Å²) in [4.78, 5) is 6.93. The maximum Gasteiger partial charge on any atom is 0.143 e. The third-order valence-electron chi connectivity index (χ3n) is 2.70. The van der Waals surface area contributed by atoms with Gasteiger partial charge in [0.15, 0.2) is 0 Å². The van der Waals surface area contributed by atoms with Gasteiger partial charge in [0.1, 0.15) is 23.5 Å².